The summed E-state index contributed by atoms with van der Waals surface area (Å²) >= 11 is 0. The zero-order chi connectivity index (χ0) is 32.7. The normalized spacial score (nSPS) is 15.2. The van der Waals surface area contributed by atoms with Crippen LogP contribution in [-0.4, -0.2) is 79.6 Å². The molecule has 2 unspecified atom stereocenters. The topological polar surface area (TPSA) is 195 Å². The molecule has 0 bridgehead atoms. The van der Waals surface area contributed by atoms with Gasteiger partial charge < -0.3 is 47.1 Å². The fourth-order valence-electron chi connectivity index (χ4n) is 4.63. The fraction of sp³-hybridized carbons (Fsp3) is 0.464. The standard InChI is InChI=1S/C28H38BF3N6O6/c1-27(2)20-15-18(5-8-21(20)29(42)44-27)36-26(41)23(16-43-19-6-3-17(4-7-19)28(30,31)32)37-25(40)22(35)9-10-24(39)38(13-11-33)14-12-34/h3-8,15,22-23,42H,9-14,16,33-35H2,1-2H3,(H,36,41)(H,37,40). The number of amides is 3. The van der Waals surface area contributed by atoms with E-state index in [4.69, 9.17) is 26.6 Å². The molecule has 2 aromatic carbocycles. The highest BCUT2D eigenvalue weighted by molar-refractivity contribution is 6.62. The van der Waals surface area contributed by atoms with Crippen molar-refractivity contribution < 1.29 is 42.0 Å². The van der Waals surface area contributed by atoms with Gasteiger partial charge in [-0.05, 0) is 67.7 Å². The molecular formula is C28H38BF3N6O6. The summed E-state index contributed by atoms with van der Waals surface area (Å²) in [5.41, 5.74) is 16.9. The van der Waals surface area contributed by atoms with Gasteiger partial charge in [0, 0.05) is 38.3 Å². The monoisotopic (exact) mass is 622 g/mol. The summed E-state index contributed by atoms with van der Waals surface area (Å²) in [7, 11) is -1.13. The summed E-state index contributed by atoms with van der Waals surface area (Å²) in [6.45, 7) is 4.14. The number of hydrogen-bond donors (Lipinski definition) is 6. The Morgan fingerprint density at radius 1 is 1.07 bits per heavy atom. The summed E-state index contributed by atoms with van der Waals surface area (Å²) in [5.74, 6) is -1.70. The van der Waals surface area contributed by atoms with Gasteiger partial charge in [0.2, 0.25) is 11.8 Å². The van der Waals surface area contributed by atoms with E-state index in [9.17, 15) is 32.6 Å². The minimum atomic E-state index is -4.54. The number of anilines is 1. The summed E-state index contributed by atoms with van der Waals surface area (Å²) in [6.07, 6.45) is -4.64. The molecule has 0 fully saturated rings. The molecule has 0 aromatic heterocycles. The van der Waals surface area contributed by atoms with Crippen LogP contribution in [0.3, 0.4) is 0 Å². The van der Waals surface area contributed by atoms with E-state index < -0.39 is 55.0 Å². The van der Waals surface area contributed by atoms with Gasteiger partial charge in [-0.15, -0.1) is 0 Å². The number of benzene rings is 2. The predicted octanol–water partition coefficient (Wildman–Crippen LogP) is 0.0140. The van der Waals surface area contributed by atoms with Crippen molar-refractivity contribution in [1.82, 2.24) is 10.2 Å². The van der Waals surface area contributed by atoms with Gasteiger partial charge in [0.05, 0.1) is 17.2 Å². The van der Waals surface area contributed by atoms with Crippen LogP contribution in [0.1, 0.15) is 37.8 Å². The van der Waals surface area contributed by atoms with Crippen LogP contribution in [0.4, 0.5) is 18.9 Å². The number of hydrogen-bond acceptors (Lipinski definition) is 9. The minimum absolute atomic E-state index is 0.0326. The third-order valence-corrected chi connectivity index (χ3v) is 7.03. The lowest BCUT2D eigenvalue weighted by Crippen LogP contribution is -2.52. The maximum atomic E-state index is 13.3. The molecule has 1 heterocycles. The molecule has 0 radical (unpaired) electrons. The zero-order valence-electron chi connectivity index (χ0n) is 24.5. The highest BCUT2D eigenvalue weighted by Crippen LogP contribution is 2.32. The summed E-state index contributed by atoms with van der Waals surface area (Å²) in [5, 5.41) is 15.3. The Kier molecular flexibility index (Phi) is 11.7. The van der Waals surface area contributed by atoms with Gasteiger partial charge in [0.25, 0.3) is 5.91 Å². The van der Waals surface area contributed by atoms with Gasteiger partial charge in [0.15, 0.2) is 0 Å². The quantitative estimate of drug-likeness (QED) is 0.157. The molecule has 2 aromatic rings. The van der Waals surface area contributed by atoms with Crippen molar-refractivity contribution in [1.29, 1.82) is 0 Å². The summed E-state index contributed by atoms with van der Waals surface area (Å²) < 4.78 is 49.9. The smallest absolute Gasteiger partial charge is 0.491 e. The fourth-order valence-corrected chi connectivity index (χ4v) is 4.63. The number of fused-ring (bicyclic) bond motifs is 1. The summed E-state index contributed by atoms with van der Waals surface area (Å²) in [4.78, 5) is 40.3. The predicted molar refractivity (Wildman–Crippen MR) is 158 cm³/mol. The van der Waals surface area contributed by atoms with Crippen molar-refractivity contribution in [3.63, 3.8) is 0 Å². The van der Waals surface area contributed by atoms with Crippen molar-refractivity contribution in [2.24, 2.45) is 17.2 Å². The molecule has 12 nitrogen and oxygen atoms in total. The second kappa shape index (κ2) is 14.9. The van der Waals surface area contributed by atoms with Gasteiger partial charge in [-0.25, -0.2) is 0 Å². The van der Waals surface area contributed by atoms with Gasteiger partial charge in [0.1, 0.15) is 18.4 Å². The molecule has 1 aliphatic heterocycles. The molecule has 16 heteroatoms. The van der Waals surface area contributed by atoms with E-state index >= 15 is 0 Å². The van der Waals surface area contributed by atoms with Crippen LogP contribution < -0.4 is 38.0 Å². The summed E-state index contributed by atoms with van der Waals surface area (Å²) in [6, 6.07) is 6.13. The van der Waals surface area contributed by atoms with Crippen LogP contribution in [0.15, 0.2) is 42.5 Å². The number of nitrogens with one attached hydrogen (secondary N) is 2. The van der Waals surface area contributed by atoms with Crippen LogP contribution >= 0.6 is 0 Å². The lowest BCUT2D eigenvalue weighted by Gasteiger charge is -2.23. The van der Waals surface area contributed by atoms with Gasteiger partial charge >= 0.3 is 13.3 Å². The van der Waals surface area contributed by atoms with Crippen molar-refractivity contribution in [3.05, 3.63) is 53.6 Å². The van der Waals surface area contributed by atoms with Crippen LogP contribution in [0.5, 0.6) is 5.75 Å². The Labute approximate surface area is 253 Å². The van der Waals surface area contributed by atoms with Crippen LogP contribution in [-0.2, 0) is 30.8 Å². The maximum Gasteiger partial charge on any atom is 0.492 e. The average molecular weight is 622 g/mol. The molecule has 3 amide bonds. The second-order valence-corrected chi connectivity index (χ2v) is 10.8. The number of carbonyl (C=O) groups is 3. The number of rotatable bonds is 14. The average Bonchev–Trinajstić information content (AvgIpc) is 3.20. The molecule has 2 atom stereocenters. The SMILES string of the molecule is CC1(C)OB(O)c2ccc(NC(=O)C(COc3ccc(C(F)(F)F)cc3)NC(=O)C(N)CCC(=O)N(CCN)CCN)cc21. The number of ether oxygens (including phenoxy) is 1. The lowest BCUT2D eigenvalue weighted by atomic mass is 9.78. The minimum Gasteiger partial charge on any atom is -0.491 e. The molecule has 0 saturated carbocycles. The Morgan fingerprint density at radius 3 is 2.30 bits per heavy atom. The first-order valence-electron chi connectivity index (χ1n) is 14.0. The van der Waals surface area contributed by atoms with Gasteiger partial charge in [-0.1, -0.05) is 6.07 Å². The first-order valence-corrected chi connectivity index (χ1v) is 14.0. The van der Waals surface area contributed by atoms with Crippen molar-refractivity contribution in [3.8, 4) is 5.75 Å². The number of nitrogens with two attached hydrogens (primary N) is 3. The van der Waals surface area contributed by atoms with E-state index in [0.29, 0.717) is 29.8 Å². The molecule has 0 aliphatic carbocycles. The number of alkyl halides is 3. The maximum absolute atomic E-state index is 13.3. The van der Waals surface area contributed by atoms with E-state index in [2.05, 4.69) is 10.6 Å². The molecule has 0 saturated heterocycles. The largest absolute Gasteiger partial charge is 0.492 e. The van der Waals surface area contributed by atoms with E-state index in [-0.39, 0.29) is 37.6 Å². The van der Waals surface area contributed by atoms with E-state index in [1.165, 1.54) is 4.90 Å². The molecule has 44 heavy (non-hydrogen) atoms. The Hall–Kier alpha value is -3.70. The molecule has 1 aliphatic rings. The van der Waals surface area contributed by atoms with Crippen molar-refractivity contribution in [2.75, 3.05) is 38.1 Å². The van der Waals surface area contributed by atoms with Crippen LogP contribution in [0, 0.1) is 0 Å². The van der Waals surface area contributed by atoms with Crippen molar-refractivity contribution >= 4 is 36.0 Å². The second-order valence-electron chi connectivity index (χ2n) is 10.8. The lowest BCUT2D eigenvalue weighted by molar-refractivity contribution is -0.137. The van der Waals surface area contributed by atoms with Crippen LogP contribution in [0.25, 0.3) is 0 Å². The Balaban J connectivity index is 1.72. The van der Waals surface area contributed by atoms with Gasteiger partial charge in [-0.2, -0.15) is 13.2 Å². The van der Waals surface area contributed by atoms with Crippen LogP contribution in [0.2, 0.25) is 0 Å². The third-order valence-electron chi connectivity index (χ3n) is 7.03. The van der Waals surface area contributed by atoms with Crippen molar-refractivity contribution in [2.45, 2.75) is 50.6 Å². The highest BCUT2D eigenvalue weighted by Gasteiger charge is 2.40. The number of nitrogens with zero attached hydrogens (tertiary/aromatic N) is 1. The number of carbonyl (C=O) groups excluding carboxylic acids is 3. The van der Waals surface area contributed by atoms with E-state index in [1.54, 1.807) is 32.0 Å². The molecular weight excluding hydrogens is 584 g/mol. The van der Waals surface area contributed by atoms with E-state index in [1.807, 2.05) is 0 Å². The first kappa shape index (κ1) is 34.8. The number of halogens is 3. The third kappa shape index (κ3) is 9.16. The molecule has 240 valence electrons. The Bertz CT molecular complexity index is 1310. The molecule has 0 spiro atoms. The van der Waals surface area contributed by atoms with Gasteiger partial charge in [-0.3, -0.25) is 14.4 Å². The highest BCUT2D eigenvalue weighted by atomic mass is 19.4. The Morgan fingerprint density at radius 2 is 1.70 bits per heavy atom. The first-order chi connectivity index (χ1) is 20.7. The molecule has 9 N–H and O–H groups in total. The zero-order valence-corrected chi connectivity index (χ0v) is 24.5. The van der Waals surface area contributed by atoms with E-state index in [0.717, 1.165) is 24.3 Å². The molecule has 3 rings (SSSR count).